The number of rotatable bonds is 6. The largest absolute Gasteiger partial charge is 0.314 e. The van der Waals surface area contributed by atoms with Gasteiger partial charge in [0.1, 0.15) is 0 Å². The van der Waals surface area contributed by atoms with Gasteiger partial charge in [-0.05, 0) is 24.3 Å². The summed E-state index contributed by atoms with van der Waals surface area (Å²) in [5.74, 6) is 0. The Morgan fingerprint density at radius 2 is 2.06 bits per heavy atom. The fourth-order valence-corrected chi connectivity index (χ4v) is 1.94. The van der Waals surface area contributed by atoms with Gasteiger partial charge in [0.25, 0.3) is 0 Å². The maximum absolute atomic E-state index is 4.50. The standard InChI is InChI=1S/C14H27N3/c1-7-12-8-13(17(6)16-12)9-14(4,5)10-15-11(2)3/h8,11,15H,7,9-10H2,1-6H3. The first-order chi connectivity index (χ1) is 7.84. The number of nitrogens with one attached hydrogen (secondary N) is 1. The molecule has 0 unspecified atom stereocenters. The van der Waals surface area contributed by atoms with Crippen LogP contribution in [0.1, 0.15) is 46.0 Å². The molecule has 0 aliphatic heterocycles. The molecule has 1 heterocycles. The molecule has 98 valence electrons. The van der Waals surface area contributed by atoms with E-state index in [2.05, 4.69) is 51.1 Å². The Bertz CT molecular complexity index is 350. The molecule has 0 saturated heterocycles. The van der Waals surface area contributed by atoms with Gasteiger partial charge in [-0.15, -0.1) is 0 Å². The Balaban J connectivity index is 2.65. The molecule has 0 amide bonds. The van der Waals surface area contributed by atoms with Crippen molar-refractivity contribution < 1.29 is 0 Å². The molecule has 1 aromatic rings. The summed E-state index contributed by atoms with van der Waals surface area (Å²) in [4.78, 5) is 0. The smallest absolute Gasteiger partial charge is 0.0624 e. The van der Waals surface area contributed by atoms with Gasteiger partial charge in [0.15, 0.2) is 0 Å². The van der Waals surface area contributed by atoms with Gasteiger partial charge in [0, 0.05) is 25.3 Å². The molecule has 0 saturated carbocycles. The zero-order valence-electron chi connectivity index (χ0n) is 12.2. The van der Waals surface area contributed by atoms with Gasteiger partial charge in [0.05, 0.1) is 5.69 Å². The minimum Gasteiger partial charge on any atom is -0.314 e. The highest BCUT2D eigenvalue weighted by molar-refractivity contribution is 5.12. The molecule has 3 heteroatoms. The summed E-state index contributed by atoms with van der Waals surface area (Å²) in [6.45, 7) is 12.2. The molecule has 0 aliphatic rings. The first-order valence-electron chi connectivity index (χ1n) is 6.59. The lowest BCUT2D eigenvalue weighted by atomic mass is 9.87. The van der Waals surface area contributed by atoms with Crippen LogP contribution in [0.25, 0.3) is 0 Å². The molecule has 1 rings (SSSR count). The first kappa shape index (κ1) is 14.2. The quantitative estimate of drug-likeness (QED) is 0.824. The molecule has 1 N–H and O–H groups in total. The topological polar surface area (TPSA) is 29.9 Å². The highest BCUT2D eigenvalue weighted by atomic mass is 15.3. The van der Waals surface area contributed by atoms with Crippen LogP contribution in [-0.4, -0.2) is 22.4 Å². The van der Waals surface area contributed by atoms with E-state index in [4.69, 9.17) is 0 Å². The second kappa shape index (κ2) is 5.67. The third-order valence-electron chi connectivity index (χ3n) is 3.04. The van der Waals surface area contributed by atoms with Crippen LogP contribution in [0.2, 0.25) is 0 Å². The third-order valence-corrected chi connectivity index (χ3v) is 3.04. The molecule has 1 aromatic heterocycles. The molecular weight excluding hydrogens is 210 g/mol. The van der Waals surface area contributed by atoms with Crippen LogP contribution in [0.15, 0.2) is 6.07 Å². The Kier molecular flexibility index (Phi) is 4.75. The summed E-state index contributed by atoms with van der Waals surface area (Å²) in [6, 6.07) is 2.78. The monoisotopic (exact) mass is 237 g/mol. The van der Waals surface area contributed by atoms with Crippen LogP contribution in [0.5, 0.6) is 0 Å². The predicted octanol–water partition coefficient (Wildman–Crippen LogP) is 2.55. The van der Waals surface area contributed by atoms with Gasteiger partial charge in [-0.1, -0.05) is 34.6 Å². The van der Waals surface area contributed by atoms with Gasteiger partial charge < -0.3 is 5.32 Å². The summed E-state index contributed by atoms with van der Waals surface area (Å²) in [5.41, 5.74) is 2.79. The Morgan fingerprint density at radius 1 is 1.41 bits per heavy atom. The molecule has 0 aliphatic carbocycles. The average molecular weight is 237 g/mol. The fourth-order valence-electron chi connectivity index (χ4n) is 1.94. The molecule has 0 atom stereocenters. The van der Waals surface area contributed by atoms with Crippen molar-refractivity contribution >= 4 is 0 Å². The van der Waals surface area contributed by atoms with E-state index in [1.807, 2.05) is 11.7 Å². The summed E-state index contributed by atoms with van der Waals surface area (Å²) in [7, 11) is 2.04. The summed E-state index contributed by atoms with van der Waals surface area (Å²) in [5, 5.41) is 8.02. The molecule has 0 radical (unpaired) electrons. The van der Waals surface area contributed by atoms with E-state index in [0.29, 0.717) is 6.04 Å². The Labute approximate surface area is 106 Å². The highest BCUT2D eigenvalue weighted by Gasteiger charge is 2.20. The van der Waals surface area contributed by atoms with E-state index in [0.717, 1.165) is 19.4 Å². The molecule has 0 bridgehead atoms. The normalized spacial score (nSPS) is 12.4. The Morgan fingerprint density at radius 3 is 2.53 bits per heavy atom. The van der Waals surface area contributed by atoms with Crippen molar-refractivity contribution in [3.05, 3.63) is 17.5 Å². The van der Waals surface area contributed by atoms with Gasteiger partial charge in [-0.25, -0.2) is 0 Å². The summed E-state index contributed by atoms with van der Waals surface area (Å²) < 4.78 is 2.02. The number of aryl methyl sites for hydroxylation is 2. The van der Waals surface area contributed by atoms with Crippen molar-refractivity contribution in [2.75, 3.05) is 6.54 Å². The second-order valence-corrected chi connectivity index (χ2v) is 5.98. The molecule has 0 aromatic carbocycles. The van der Waals surface area contributed by atoms with Gasteiger partial charge in [0.2, 0.25) is 0 Å². The van der Waals surface area contributed by atoms with Crippen molar-refractivity contribution in [1.82, 2.24) is 15.1 Å². The molecule has 0 spiro atoms. The highest BCUT2D eigenvalue weighted by Crippen LogP contribution is 2.21. The van der Waals surface area contributed by atoms with Crippen LogP contribution in [0.4, 0.5) is 0 Å². The zero-order chi connectivity index (χ0) is 13.1. The van der Waals surface area contributed by atoms with E-state index in [-0.39, 0.29) is 5.41 Å². The average Bonchev–Trinajstić information content (AvgIpc) is 2.56. The van der Waals surface area contributed by atoms with Crippen molar-refractivity contribution in [3.8, 4) is 0 Å². The van der Waals surface area contributed by atoms with Crippen LogP contribution < -0.4 is 5.32 Å². The van der Waals surface area contributed by atoms with Crippen LogP contribution in [0.3, 0.4) is 0 Å². The molecule has 0 fully saturated rings. The maximum Gasteiger partial charge on any atom is 0.0624 e. The van der Waals surface area contributed by atoms with E-state index >= 15 is 0 Å². The maximum atomic E-state index is 4.50. The van der Waals surface area contributed by atoms with Gasteiger partial charge in [-0.2, -0.15) is 5.10 Å². The minimum atomic E-state index is 0.267. The van der Waals surface area contributed by atoms with Crippen LogP contribution in [0, 0.1) is 5.41 Å². The molecule has 3 nitrogen and oxygen atoms in total. The summed E-state index contributed by atoms with van der Waals surface area (Å²) >= 11 is 0. The fraction of sp³-hybridized carbons (Fsp3) is 0.786. The third kappa shape index (κ3) is 4.50. The lowest BCUT2D eigenvalue weighted by molar-refractivity contribution is 0.318. The number of hydrogen-bond acceptors (Lipinski definition) is 2. The van der Waals surface area contributed by atoms with Crippen molar-refractivity contribution in [3.63, 3.8) is 0 Å². The van der Waals surface area contributed by atoms with E-state index in [1.54, 1.807) is 0 Å². The van der Waals surface area contributed by atoms with E-state index < -0.39 is 0 Å². The number of aromatic nitrogens is 2. The Hall–Kier alpha value is -0.830. The lowest BCUT2D eigenvalue weighted by Gasteiger charge is -2.26. The predicted molar refractivity (Wildman–Crippen MR) is 73.2 cm³/mol. The number of nitrogens with zero attached hydrogens (tertiary/aromatic N) is 2. The van der Waals surface area contributed by atoms with E-state index in [9.17, 15) is 0 Å². The SMILES string of the molecule is CCc1cc(CC(C)(C)CNC(C)C)n(C)n1. The lowest BCUT2D eigenvalue weighted by Crippen LogP contribution is -2.35. The minimum absolute atomic E-state index is 0.267. The first-order valence-corrected chi connectivity index (χ1v) is 6.59. The summed E-state index contributed by atoms with van der Waals surface area (Å²) in [6.07, 6.45) is 2.08. The molecular formula is C14H27N3. The van der Waals surface area contributed by atoms with Crippen molar-refractivity contribution in [2.24, 2.45) is 12.5 Å². The van der Waals surface area contributed by atoms with Crippen LogP contribution >= 0.6 is 0 Å². The van der Waals surface area contributed by atoms with E-state index in [1.165, 1.54) is 11.4 Å². The van der Waals surface area contributed by atoms with Crippen molar-refractivity contribution in [2.45, 2.75) is 53.5 Å². The van der Waals surface area contributed by atoms with Crippen molar-refractivity contribution in [1.29, 1.82) is 0 Å². The molecule has 17 heavy (non-hydrogen) atoms. The number of hydrogen-bond donors (Lipinski definition) is 1. The van der Waals surface area contributed by atoms with Gasteiger partial charge >= 0.3 is 0 Å². The van der Waals surface area contributed by atoms with Gasteiger partial charge in [-0.3, -0.25) is 4.68 Å². The zero-order valence-corrected chi connectivity index (χ0v) is 12.2. The van der Waals surface area contributed by atoms with Crippen LogP contribution in [-0.2, 0) is 19.9 Å². The second-order valence-electron chi connectivity index (χ2n) is 5.98.